The number of rotatable bonds is 5. The third kappa shape index (κ3) is 5.58. The predicted molar refractivity (Wildman–Crippen MR) is 96.7 cm³/mol. The quantitative estimate of drug-likeness (QED) is 0.746. The first kappa shape index (κ1) is 22.7. The molecule has 2 aromatic rings. The van der Waals surface area contributed by atoms with Gasteiger partial charge in [0.25, 0.3) is 5.91 Å². The van der Waals surface area contributed by atoms with Gasteiger partial charge in [0, 0.05) is 36.8 Å². The topological polar surface area (TPSA) is 115 Å². The summed E-state index contributed by atoms with van der Waals surface area (Å²) in [6.45, 7) is 3.69. The number of hydrogen-bond donors (Lipinski definition) is 1. The van der Waals surface area contributed by atoms with Crippen molar-refractivity contribution in [1.82, 2.24) is 15.0 Å². The van der Waals surface area contributed by atoms with Crippen LogP contribution in [0.2, 0.25) is 0 Å². The molecule has 12 heteroatoms. The van der Waals surface area contributed by atoms with Crippen LogP contribution in [0.15, 0.2) is 41.5 Å². The Kier molecular flexibility index (Phi) is 6.91. The molecule has 4 heterocycles. The van der Waals surface area contributed by atoms with Crippen molar-refractivity contribution in [3.05, 3.63) is 48.1 Å². The van der Waals surface area contributed by atoms with Crippen molar-refractivity contribution in [3.8, 4) is 0 Å². The number of pyridine rings is 1. The zero-order valence-corrected chi connectivity index (χ0v) is 16.2. The van der Waals surface area contributed by atoms with Gasteiger partial charge in [-0.15, -0.1) is 0 Å². The molecule has 2 fully saturated rings. The minimum Gasteiger partial charge on any atom is -0.475 e. The number of amides is 1. The van der Waals surface area contributed by atoms with Crippen LogP contribution in [0.5, 0.6) is 0 Å². The highest BCUT2D eigenvalue weighted by Gasteiger charge is 2.52. The molecular weight excluding hydrogens is 423 g/mol. The van der Waals surface area contributed by atoms with E-state index in [-0.39, 0.29) is 11.3 Å². The summed E-state index contributed by atoms with van der Waals surface area (Å²) in [5, 5.41) is 10.7. The Balaban J connectivity index is 0.000000339. The fourth-order valence-corrected chi connectivity index (χ4v) is 3.54. The molecule has 168 valence electrons. The highest BCUT2D eigenvalue weighted by Crippen LogP contribution is 2.42. The Hall–Kier alpha value is -2.99. The number of halogens is 3. The molecular formula is C19H20F3N3O6. The molecule has 2 saturated heterocycles. The van der Waals surface area contributed by atoms with Crippen LogP contribution >= 0.6 is 0 Å². The number of aliphatic carboxylic acids is 1. The van der Waals surface area contributed by atoms with Crippen LogP contribution in [0.25, 0.3) is 0 Å². The molecule has 4 rings (SSSR count). The highest BCUT2D eigenvalue weighted by atomic mass is 19.4. The highest BCUT2D eigenvalue weighted by molar-refractivity contribution is 5.93. The Morgan fingerprint density at radius 1 is 1.35 bits per heavy atom. The fourth-order valence-electron chi connectivity index (χ4n) is 3.54. The Labute approximate surface area is 174 Å². The van der Waals surface area contributed by atoms with Crippen LogP contribution in [-0.4, -0.2) is 71.1 Å². The van der Waals surface area contributed by atoms with Gasteiger partial charge < -0.3 is 24.0 Å². The molecule has 2 aromatic heterocycles. The summed E-state index contributed by atoms with van der Waals surface area (Å²) in [7, 11) is 0. The Morgan fingerprint density at radius 3 is 2.74 bits per heavy atom. The molecule has 31 heavy (non-hydrogen) atoms. The monoisotopic (exact) mass is 443 g/mol. The molecule has 1 N–H and O–H groups in total. The number of carboxylic acid groups (broad SMARTS) is 1. The van der Waals surface area contributed by atoms with E-state index in [0.29, 0.717) is 51.0 Å². The zero-order chi connectivity index (χ0) is 22.5. The standard InChI is InChI=1S/C17H19N3O4.C2HF3O2/c21-16(14-5-19-24-8-14)20-6-15-9-23-12-17(15,10-20)11-22-7-13-2-1-3-18-4-13;3-2(4,5)1(6)7/h1-5,8,15H,6-7,9-12H2;(H,6,7)/t15-,17-;/m1./s1. The van der Waals surface area contributed by atoms with E-state index < -0.39 is 12.1 Å². The van der Waals surface area contributed by atoms with Gasteiger partial charge in [-0.05, 0) is 11.6 Å². The molecule has 0 aromatic carbocycles. The van der Waals surface area contributed by atoms with Crippen LogP contribution < -0.4 is 0 Å². The number of fused-ring (bicyclic) bond motifs is 1. The van der Waals surface area contributed by atoms with Gasteiger partial charge >= 0.3 is 12.1 Å². The van der Waals surface area contributed by atoms with Crippen LogP contribution in [0.1, 0.15) is 15.9 Å². The number of nitrogens with zero attached hydrogens (tertiary/aromatic N) is 3. The van der Waals surface area contributed by atoms with Crippen molar-refractivity contribution in [2.45, 2.75) is 12.8 Å². The second-order valence-corrected chi connectivity index (χ2v) is 7.33. The minimum atomic E-state index is -5.08. The number of aromatic nitrogens is 2. The molecule has 2 atom stereocenters. The van der Waals surface area contributed by atoms with Crippen LogP contribution in [0.4, 0.5) is 13.2 Å². The number of carbonyl (C=O) groups is 2. The lowest BCUT2D eigenvalue weighted by molar-refractivity contribution is -0.192. The summed E-state index contributed by atoms with van der Waals surface area (Å²) in [6.07, 6.45) is 1.31. The van der Waals surface area contributed by atoms with E-state index in [1.54, 1.807) is 12.4 Å². The van der Waals surface area contributed by atoms with E-state index in [9.17, 15) is 18.0 Å². The lowest BCUT2D eigenvalue weighted by atomic mass is 9.82. The molecule has 0 radical (unpaired) electrons. The Morgan fingerprint density at radius 2 is 2.13 bits per heavy atom. The second kappa shape index (κ2) is 9.43. The summed E-state index contributed by atoms with van der Waals surface area (Å²) >= 11 is 0. The maximum absolute atomic E-state index is 12.5. The SMILES string of the molecule is O=C(O)C(F)(F)F.O=C(c1cnoc1)N1C[C@@H]2COC[C@]2(COCc2cccnc2)C1. The maximum atomic E-state index is 12.5. The van der Waals surface area contributed by atoms with Crippen molar-refractivity contribution in [1.29, 1.82) is 0 Å². The molecule has 1 amide bonds. The first-order chi connectivity index (χ1) is 14.7. The van der Waals surface area contributed by atoms with Crippen LogP contribution in [0, 0.1) is 11.3 Å². The van der Waals surface area contributed by atoms with Gasteiger partial charge in [-0.25, -0.2) is 4.79 Å². The third-order valence-electron chi connectivity index (χ3n) is 5.11. The largest absolute Gasteiger partial charge is 0.490 e. The summed E-state index contributed by atoms with van der Waals surface area (Å²) in [5.41, 5.74) is 1.40. The number of likely N-dealkylation sites (tertiary alicyclic amines) is 1. The number of hydrogen-bond acceptors (Lipinski definition) is 7. The van der Waals surface area contributed by atoms with Gasteiger partial charge in [0.05, 0.1) is 38.2 Å². The van der Waals surface area contributed by atoms with Gasteiger partial charge in [-0.3, -0.25) is 9.78 Å². The lowest BCUT2D eigenvalue weighted by Gasteiger charge is -2.26. The summed E-state index contributed by atoms with van der Waals surface area (Å²) in [6, 6.07) is 3.89. The average Bonchev–Trinajstić information content (AvgIpc) is 3.44. The van der Waals surface area contributed by atoms with Gasteiger partial charge in [0.15, 0.2) is 0 Å². The van der Waals surface area contributed by atoms with E-state index in [2.05, 4.69) is 10.1 Å². The first-order valence-electron chi connectivity index (χ1n) is 9.24. The summed E-state index contributed by atoms with van der Waals surface area (Å²) < 4.78 is 48.1. The molecule has 2 aliphatic rings. The number of alkyl halides is 3. The smallest absolute Gasteiger partial charge is 0.475 e. The normalized spacial score (nSPS) is 22.5. The molecule has 0 aliphatic carbocycles. The van der Waals surface area contributed by atoms with Gasteiger partial charge in [-0.2, -0.15) is 13.2 Å². The molecule has 0 unspecified atom stereocenters. The first-order valence-corrected chi connectivity index (χ1v) is 9.24. The average molecular weight is 443 g/mol. The maximum Gasteiger partial charge on any atom is 0.490 e. The van der Waals surface area contributed by atoms with Crippen LogP contribution in [0.3, 0.4) is 0 Å². The van der Waals surface area contributed by atoms with Crippen molar-refractivity contribution in [2.24, 2.45) is 11.3 Å². The zero-order valence-electron chi connectivity index (χ0n) is 16.2. The Bertz CT molecular complexity index is 878. The number of carbonyl (C=O) groups excluding carboxylic acids is 1. The summed E-state index contributed by atoms with van der Waals surface area (Å²) in [5.74, 6) is -2.50. The van der Waals surface area contributed by atoms with Gasteiger partial charge in [-0.1, -0.05) is 11.2 Å². The van der Waals surface area contributed by atoms with Crippen molar-refractivity contribution < 1.29 is 41.9 Å². The van der Waals surface area contributed by atoms with E-state index in [4.69, 9.17) is 23.9 Å². The molecule has 9 nitrogen and oxygen atoms in total. The molecule has 0 spiro atoms. The predicted octanol–water partition coefficient (Wildman–Crippen LogP) is 2.01. The molecule has 0 bridgehead atoms. The fraction of sp³-hybridized carbons (Fsp3) is 0.474. The minimum absolute atomic E-state index is 0.0442. The van der Waals surface area contributed by atoms with Crippen molar-refractivity contribution in [3.63, 3.8) is 0 Å². The second-order valence-electron chi connectivity index (χ2n) is 7.33. The van der Waals surface area contributed by atoms with Crippen LogP contribution in [-0.2, 0) is 20.9 Å². The van der Waals surface area contributed by atoms with Crippen molar-refractivity contribution in [2.75, 3.05) is 32.9 Å². The van der Waals surface area contributed by atoms with Gasteiger partial charge in [0.2, 0.25) is 0 Å². The number of ether oxygens (including phenoxy) is 2. The molecule has 0 saturated carbocycles. The van der Waals surface area contributed by atoms with E-state index in [1.165, 1.54) is 12.5 Å². The van der Waals surface area contributed by atoms with Gasteiger partial charge in [0.1, 0.15) is 6.26 Å². The third-order valence-corrected chi connectivity index (χ3v) is 5.11. The lowest BCUT2D eigenvalue weighted by Crippen LogP contribution is -2.37. The van der Waals surface area contributed by atoms with E-state index in [1.807, 2.05) is 17.0 Å². The van der Waals surface area contributed by atoms with E-state index in [0.717, 1.165) is 5.56 Å². The number of carboxylic acids is 1. The van der Waals surface area contributed by atoms with E-state index >= 15 is 0 Å². The van der Waals surface area contributed by atoms with Crippen molar-refractivity contribution >= 4 is 11.9 Å². The summed E-state index contributed by atoms with van der Waals surface area (Å²) in [4.78, 5) is 27.4. The molecule has 2 aliphatic heterocycles.